The summed E-state index contributed by atoms with van der Waals surface area (Å²) in [6, 6.07) is 13.7. The predicted octanol–water partition coefficient (Wildman–Crippen LogP) is 4.73. The van der Waals surface area contributed by atoms with Crippen LogP contribution in [0.25, 0.3) is 0 Å². The van der Waals surface area contributed by atoms with Gasteiger partial charge < -0.3 is 19.4 Å². The number of benzene rings is 2. The molecule has 0 radical (unpaired) electrons. The maximum atomic E-state index is 10.9. The average molecular weight is 499 g/mol. The summed E-state index contributed by atoms with van der Waals surface area (Å²) in [5.74, 6) is 1.24. The molecule has 4 N–H and O–H groups in total. The molecule has 1 aliphatic carbocycles. The van der Waals surface area contributed by atoms with E-state index < -0.39 is 10.4 Å². The molecule has 9 heteroatoms. The second-order valence-corrected chi connectivity index (χ2v) is 9.03. The first-order valence-electron chi connectivity index (χ1n) is 11.3. The Labute approximate surface area is 206 Å². The quantitative estimate of drug-likeness (QED) is 0.167. The number of nitrogens with one attached hydrogen (secondary N) is 1. The Kier molecular flexibility index (Phi) is 9.11. The smallest absolute Gasteiger partial charge is 0.446 e. The van der Waals surface area contributed by atoms with Crippen molar-refractivity contribution in [3.8, 4) is 11.5 Å². The number of allylic oxidation sites excluding steroid dienone is 5. The molecule has 0 saturated heterocycles. The number of nitrogens with two attached hydrogens (primary N) is 1. The van der Waals surface area contributed by atoms with E-state index in [1.54, 1.807) is 12.1 Å². The largest absolute Gasteiger partial charge is 0.490 e. The molecule has 0 amide bonds. The van der Waals surface area contributed by atoms with Gasteiger partial charge in [-0.3, -0.25) is 9.96 Å². The molecule has 2 aromatic carbocycles. The van der Waals surface area contributed by atoms with Crippen molar-refractivity contribution < 1.29 is 26.6 Å². The number of hydrogen-bond acceptors (Lipinski definition) is 6. The third kappa shape index (κ3) is 8.62. The first kappa shape index (κ1) is 26.1. The molecule has 0 atom stereocenters. The van der Waals surface area contributed by atoms with E-state index in [0.717, 1.165) is 37.0 Å². The molecule has 1 aliphatic rings. The van der Waals surface area contributed by atoms with E-state index in [2.05, 4.69) is 23.3 Å². The van der Waals surface area contributed by atoms with E-state index in [1.165, 1.54) is 23.3 Å². The van der Waals surface area contributed by atoms with Gasteiger partial charge in [0.1, 0.15) is 36.3 Å². The molecule has 0 aromatic heterocycles. The van der Waals surface area contributed by atoms with Gasteiger partial charge in [0.2, 0.25) is 0 Å². The third-order valence-corrected chi connectivity index (χ3v) is 5.65. The minimum absolute atomic E-state index is 0.0416. The fourth-order valence-corrected chi connectivity index (χ4v) is 3.97. The molecular formula is C26H30N2O6S. The van der Waals surface area contributed by atoms with E-state index in [0.29, 0.717) is 17.9 Å². The fourth-order valence-electron chi connectivity index (χ4n) is 3.62. The van der Waals surface area contributed by atoms with Crippen molar-refractivity contribution in [1.82, 2.24) is 0 Å². The Morgan fingerprint density at radius 1 is 1.06 bits per heavy atom. The van der Waals surface area contributed by atoms with Crippen molar-refractivity contribution in [2.75, 3.05) is 13.2 Å². The average Bonchev–Trinajstić information content (AvgIpc) is 2.99. The topological polar surface area (TPSA) is 132 Å². The lowest BCUT2D eigenvalue weighted by molar-refractivity contribution is 0.161. The Morgan fingerprint density at radius 3 is 2.46 bits per heavy atom. The summed E-state index contributed by atoms with van der Waals surface area (Å²) >= 11 is 0. The monoisotopic (exact) mass is 498 g/mol. The van der Waals surface area contributed by atoms with E-state index in [4.69, 9.17) is 25.2 Å². The van der Waals surface area contributed by atoms with Crippen LogP contribution in [0.1, 0.15) is 37.3 Å². The van der Waals surface area contributed by atoms with Crippen molar-refractivity contribution in [2.45, 2.75) is 32.6 Å². The van der Waals surface area contributed by atoms with Gasteiger partial charge in [0.15, 0.2) is 0 Å². The molecule has 3 rings (SSSR count). The lowest BCUT2D eigenvalue weighted by atomic mass is 10.0. The summed E-state index contributed by atoms with van der Waals surface area (Å²) in [7, 11) is -4.59. The van der Waals surface area contributed by atoms with Crippen LogP contribution in [0, 0.1) is 5.41 Å². The molecule has 35 heavy (non-hydrogen) atoms. The molecule has 0 fully saturated rings. The second kappa shape index (κ2) is 12.2. The lowest BCUT2D eigenvalue weighted by Crippen LogP contribution is -2.10. The lowest BCUT2D eigenvalue weighted by Gasteiger charge is -2.13. The summed E-state index contributed by atoms with van der Waals surface area (Å²) < 4.78 is 46.7. The maximum Gasteiger partial charge on any atom is 0.446 e. The van der Waals surface area contributed by atoms with Gasteiger partial charge in [0.05, 0.1) is 0 Å². The molecule has 2 aromatic rings. The standard InChI is InChI=1S/C26H30N2O6S/c1-2-4-21-11-7-20(17-19-8-12-22(13-9-19)26(27)28)10-14-25(21)33-16-15-32-23-5-3-6-24(18-23)34-35(29,30)31/h3,5-10,12-14,18H,2,4,11,15-17H2,1H3,(H3,27,28)(H,29,30,31). The first-order chi connectivity index (χ1) is 16.7. The SMILES string of the molecule is CCCC1=C(OCCOc2cccc(OS(=O)(=O)O)c2)C=CC(Cc2ccc(C(=N)N)cc2)=CC1. The van der Waals surface area contributed by atoms with Crippen LogP contribution in [0.4, 0.5) is 0 Å². The molecule has 186 valence electrons. The molecule has 0 saturated carbocycles. The van der Waals surface area contributed by atoms with Crippen molar-refractivity contribution in [3.63, 3.8) is 0 Å². The molecule has 8 nitrogen and oxygen atoms in total. The highest BCUT2D eigenvalue weighted by Gasteiger charge is 2.11. The van der Waals surface area contributed by atoms with Gasteiger partial charge in [0, 0.05) is 11.6 Å². The highest BCUT2D eigenvalue weighted by molar-refractivity contribution is 7.81. The van der Waals surface area contributed by atoms with Crippen molar-refractivity contribution in [1.29, 1.82) is 5.41 Å². The van der Waals surface area contributed by atoms with Crippen LogP contribution >= 0.6 is 0 Å². The minimum atomic E-state index is -4.59. The maximum absolute atomic E-state index is 10.9. The van der Waals surface area contributed by atoms with Crippen LogP contribution < -0.4 is 14.7 Å². The second-order valence-electron chi connectivity index (χ2n) is 8.00. The summed E-state index contributed by atoms with van der Waals surface area (Å²) in [4.78, 5) is 0. The van der Waals surface area contributed by atoms with E-state index in [-0.39, 0.29) is 18.2 Å². The Morgan fingerprint density at radius 2 is 1.77 bits per heavy atom. The third-order valence-electron chi connectivity index (χ3n) is 5.25. The predicted molar refractivity (Wildman–Crippen MR) is 135 cm³/mol. The van der Waals surface area contributed by atoms with E-state index in [1.807, 2.05) is 30.3 Å². The zero-order valence-corrected chi connectivity index (χ0v) is 20.4. The number of amidine groups is 1. The van der Waals surface area contributed by atoms with Crippen LogP contribution in [0.2, 0.25) is 0 Å². The number of nitrogen functional groups attached to an aromatic ring is 1. The van der Waals surface area contributed by atoms with Crippen LogP contribution in [0.3, 0.4) is 0 Å². The van der Waals surface area contributed by atoms with Crippen LogP contribution in [0.5, 0.6) is 11.5 Å². The van der Waals surface area contributed by atoms with Crippen LogP contribution in [-0.4, -0.2) is 32.0 Å². The summed E-state index contributed by atoms with van der Waals surface area (Å²) in [5.41, 5.74) is 9.78. The molecule has 0 spiro atoms. The van der Waals surface area contributed by atoms with Crippen molar-refractivity contribution in [2.24, 2.45) is 5.73 Å². The number of rotatable bonds is 12. The van der Waals surface area contributed by atoms with Gasteiger partial charge in [-0.15, -0.1) is 0 Å². The number of hydrogen-bond donors (Lipinski definition) is 3. The first-order valence-corrected chi connectivity index (χ1v) is 12.6. The van der Waals surface area contributed by atoms with Gasteiger partial charge in [0.25, 0.3) is 0 Å². The Hall–Kier alpha value is -3.56. The molecule has 0 aliphatic heterocycles. The van der Waals surface area contributed by atoms with Gasteiger partial charge >= 0.3 is 10.4 Å². The molecular weight excluding hydrogens is 468 g/mol. The highest BCUT2D eigenvalue weighted by atomic mass is 32.3. The molecule has 0 heterocycles. The summed E-state index contributed by atoms with van der Waals surface area (Å²) in [6.07, 6.45) is 9.77. The van der Waals surface area contributed by atoms with Crippen LogP contribution in [-0.2, 0) is 21.6 Å². The van der Waals surface area contributed by atoms with Gasteiger partial charge in [-0.05, 0) is 54.2 Å². The normalized spacial score (nSPS) is 13.7. The Bertz CT molecular complexity index is 1230. The van der Waals surface area contributed by atoms with E-state index in [9.17, 15) is 8.42 Å². The fraction of sp³-hybridized carbons (Fsp3) is 0.269. The van der Waals surface area contributed by atoms with Crippen molar-refractivity contribution in [3.05, 3.63) is 94.8 Å². The van der Waals surface area contributed by atoms with E-state index >= 15 is 0 Å². The van der Waals surface area contributed by atoms with Gasteiger partial charge in [-0.2, -0.15) is 8.42 Å². The van der Waals surface area contributed by atoms with Crippen molar-refractivity contribution >= 4 is 16.2 Å². The van der Waals surface area contributed by atoms with Gasteiger partial charge in [-0.1, -0.05) is 55.8 Å². The summed E-state index contributed by atoms with van der Waals surface area (Å²) in [5, 5.41) is 7.52. The zero-order chi connectivity index (χ0) is 25.3. The molecule has 0 unspecified atom stereocenters. The highest BCUT2D eigenvalue weighted by Crippen LogP contribution is 2.25. The number of ether oxygens (including phenoxy) is 2. The summed E-state index contributed by atoms with van der Waals surface area (Å²) in [6.45, 7) is 2.68. The minimum Gasteiger partial charge on any atom is -0.490 e. The Balaban J connectivity index is 1.57. The molecule has 0 bridgehead atoms. The zero-order valence-electron chi connectivity index (χ0n) is 19.6. The van der Waals surface area contributed by atoms with Gasteiger partial charge in [-0.25, -0.2) is 0 Å². The van der Waals surface area contributed by atoms with Crippen LogP contribution in [0.15, 0.2) is 83.7 Å².